The Labute approximate surface area is 166 Å². The van der Waals surface area contributed by atoms with Crippen LogP contribution in [0.2, 0.25) is 0 Å². The highest BCUT2D eigenvalue weighted by atomic mass is 19.4. The zero-order valence-electron chi connectivity index (χ0n) is 15.0. The first kappa shape index (κ1) is 21.2. The predicted octanol–water partition coefficient (Wildman–Crippen LogP) is 6.35. The molecule has 0 unspecified atom stereocenters. The summed E-state index contributed by atoms with van der Waals surface area (Å²) in [5.74, 6) is -1.51. The fourth-order valence-electron chi connectivity index (χ4n) is 2.80. The summed E-state index contributed by atoms with van der Waals surface area (Å²) in [5.41, 5.74) is -3.27. The van der Waals surface area contributed by atoms with Crippen LogP contribution >= 0.6 is 0 Å². The van der Waals surface area contributed by atoms with E-state index in [1.807, 2.05) is 5.32 Å². The molecule has 1 amide bonds. The van der Waals surface area contributed by atoms with E-state index < -0.39 is 40.8 Å². The molecule has 3 rings (SSSR count). The second-order valence-electron chi connectivity index (χ2n) is 6.32. The minimum atomic E-state index is -5.05. The first-order valence-electron chi connectivity index (χ1n) is 8.45. The van der Waals surface area contributed by atoms with E-state index in [0.29, 0.717) is 17.7 Å². The van der Waals surface area contributed by atoms with Gasteiger partial charge in [0.15, 0.2) is 0 Å². The smallest absolute Gasteiger partial charge is 0.416 e. The summed E-state index contributed by atoms with van der Waals surface area (Å²) < 4.78 is 77.9. The van der Waals surface area contributed by atoms with Crippen molar-refractivity contribution in [3.05, 3.63) is 83.4 Å². The monoisotopic (exact) mass is 425 g/mol. The molecule has 3 nitrogen and oxygen atoms in total. The molecule has 156 valence electrons. The molecule has 0 aliphatic carbocycles. The number of nitrogens with one attached hydrogen (secondary N) is 1. The molecule has 0 fully saturated rings. The molecule has 30 heavy (non-hydrogen) atoms. The van der Waals surface area contributed by atoms with Gasteiger partial charge in [-0.15, -0.1) is 0 Å². The van der Waals surface area contributed by atoms with E-state index in [9.17, 15) is 36.2 Å². The summed E-state index contributed by atoms with van der Waals surface area (Å²) in [4.78, 5) is 12.5. The lowest BCUT2D eigenvalue weighted by molar-refractivity contribution is -0.143. The summed E-state index contributed by atoms with van der Waals surface area (Å²) in [7, 11) is 0. The molecule has 0 aromatic heterocycles. The van der Waals surface area contributed by atoms with Crippen molar-refractivity contribution < 1.29 is 36.2 Å². The van der Waals surface area contributed by atoms with Gasteiger partial charge in [0, 0.05) is 11.3 Å². The van der Waals surface area contributed by atoms with Crippen LogP contribution in [0.15, 0.2) is 66.7 Å². The summed E-state index contributed by atoms with van der Waals surface area (Å²) in [6.45, 7) is 0. The van der Waals surface area contributed by atoms with Gasteiger partial charge in [-0.2, -0.15) is 26.3 Å². The summed E-state index contributed by atoms with van der Waals surface area (Å²) >= 11 is 0. The van der Waals surface area contributed by atoms with E-state index >= 15 is 0 Å². The van der Waals surface area contributed by atoms with E-state index in [1.54, 1.807) is 30.3 Å². The minimum Gasteiger partial charge on any atom is -0.506 e. The van der Waals surface area contributed by atoms with Crippen molar-refractivity contribution in [3.8, 4) is 16.9 Å². The van der Waals surface area contributed by atoms with Crippen LogP contribution in [0.25, 0.3) is 11.1 Å². The number of hydrogen-bond acceptors (Lipinski definition) is 2. The van der Waals surface area contributed by atoms with Crippen LogP contribution in [0.3, 0.4) is 0 Å². The number of amides is 1. The van der Waals surface area contributed by atoms with Crippen molar-refractivity contribution in [2.24, 2.45) is 0 Å². The lowest BCUT2D eigenvalue weighted by atomic mass is 10.0. The van der Waals surface area contributed by atoms with Gasteiger partial charge in [-0.25, -0.2) is 0 Å². The highest BCUT2D eigenvalue weighted by molar-refractivity contribution is 6.07. The molecule has 9 heteroatoms. The molecule has 0 spiro atoms. The predicted molar refractivity (Wildman–Crippen MR) is 97.9 cm³/mol. The van der Waals surface area contributed by atoms with Gasteiger partial charge in [-0.05, 0) is 29.8 Å². The average molecular weight is 425 g/mol. The molecular weight excluding hydrogens is 412 g/mol. The van der Waals surface area contributed by atoms with Gasteiger partial charge >= 0.3 is 12.4 Å². The molecule has 0 bridgehead atoms. The SMILES string of the molecule is O=C(Nc1cc(C(F)(F)F)cc(C(F)(F)F)c1)c1cccc(-c2ccccc2)c1O. The molecular formula is C21H13F6NO2. The number of rotatable bonds is 3. The average Bonchev–Trinajstić information content (AvgIpc) is 2.67. The van der Waals surface area contributed by atoms with Crippen molar-refractivity contribution in [2.75, 3.05) is 5.32 Å². The van der Waals surface area contributed by atoms with Crippen molar-refractivity contribution in [1.29, 1.82) is 0 Å². The lowest BCUT2D eigenvalue weighted by Crippen LogP contribution is -2.16. The molecule has 0 heterocycles. The standard InChI is InChI=1S/C21H13F6NO2/c22-20(23,24)13-9-14(21(25,26)27)11-15(10-13)28-19(30)17-8-4-7-16(18(17)29)12-5-2-1-3-6-12/h1-11,29H,(H,28,30). The Bertz CT molecular complexity index is 1040. The number of phenolic OH excluding ortho intramolecular Hbond substituents is 1. The fourth-order valence-corrected chi connectivity index (χ4v) is 2.80. The molecule has 0 aliphatic heterocycles. The lowest BCUT2D eigenvalue weighted by Gasteiger charge is -2.15. The number of carbonyl (C=O) groups excluding carboxylic acids is 1. The molecule has 0 aliphatic rings. The second-order valence-corrected chi connectivity index (χ2v) is 6.32. The first-order valence-corrected chi connectivity index (χ1v) is 8.45. The number of aromatic hydroxyl groups is 1. The van der Waals surface area contributed by atoms with Crippen LogP contribution in [-0.2, 0) is 12.4 Å². The minimum absolute atomic E-state index is 0.0385. The molecule has 3 aromatic rings. The topological polar surface area (TPSA) is 49.3 Å². The zero-order valence-corrected chi connectivity index (χ0v) is 15.0. The van der Waals surface area contributed by atoms with Gasteiger partial charge in [0.25, 0.3) is 5.91 Å². The second kappa shape index (κ2) is 7.74. The van der Waals surface area contributed by atoms with Crippen LogP contribution in [-0.4, -0.2) is 11.0 Å². The van der Waals surface area contributed by atoms with Gasteiger partial charge in [0.1, 0.15) is 5.75 Å². The normalized spacial score (nSPS) is 11.9. The molecule has 0 atom stereocenters. The van der Waals surface area contributed by atoms with E-state index in [0.717, 1.165) is 0 Å². The number of benzene rings is 3. The fraction of sp³-hybridized carbons (Fsp3) is 0.0952. The largest absolute Gasteiger partial charge is 0.506 e. The Morgan fingerprint density at radius 3 is 1.87 bits per heavy atom. The maximum Gasteiger partial charge on any atom is 0.416 e. The first-order chi connectivity index (χ1) is 14.0. The Morgan fingerprint density at radius 1 is 0.767 bits per heavy atom. The highest BCUT2D eigenvalue weighted by Crippen LogP contribution is 2.38. The Morgan fingerprint density at radius 2 is 1.33 bits per heavy atom. The quantitative estimate of drug-likeness (QED) is 0.481. The molecule has 2 N–H and O–H groups in total. The van der Waals surface area contributed by atoms with Crippen LogP contribution in [0.5, 0.6) is 5.75 Å². The van der Waals surface area contributed by atoms with Gasteiger partial charge in [-0.1, -0.05) is 42.5 Å². The maximum atomic E-state index is 13.0. The number of carbonyl (C=O) groups is 1. The highest BCUT2D eigenvalue weighted by Gasteiger charge is 2.37. The van der Waals surface area contributed by atoms with Crippen molar-refractivity contribution in [3.63, 3.8) is 0 Å². The van der Waals surface area contributed by atoms with Gasteiger partial charge in [0.2, 0.25) is 0 Å². The molecule has 0 saturated carbocycles. The number of halogens is 6. The van der Waals surface area contributed by atoms with Gasteiger partial charge in [-0.3, -0.25) is 4.79 Å². The van der Waals surface area contributed by atoms with Gasteiger partial charge in [0.05, 0.1) is 16.7 Å². The van der Waals surface area contributed by atoms with Crippen LogP contribution in [0.1, 0.15) is 21.5 Å². The van der Waals surface area contributed by atoms with E-state index in [2.05, 4.69) is 0 Å². The van der Waals surface area contributed by atoms with E-state index in [-0.39, 0.29) is 17.2 Å². The molecule has 0 saturated heterocycles. The summed E-state index contributed by atoms with van der Waals surface area (Å²) in [5, 5.41) is 12.4. The Balaban J connectivity index is 1.99. The number of para-hydroxylation sites is 1. The van der Waals surface area contributed by atoms with E-state index in [1.165, 1.54) is 18.2 Å². The van der Waals surface area contributed by atoms with Crippen molar-refractivity contribution >= 4 is 11.6 Å². The summed E-state index contributed by atoms with van der Waals surface area (Å²) in [6, 6.07) is 13.4. The zero-order chi connectivity index (χ0) is 22.1. The molecule has 3 aromatic carbocycles. The van der Waals surface area contributed by atoms with Crippen LogP contribution in [0.4, 0.5) is 32.0 Å². The Kier molecular flexibility index (Phi) is 5.47. The van der Waals surface area contributed by atoms with Crippen LogP contribution < -0.4 is 5.32 Å². The summed E-state index contributed by atoms with van der Waals surface area (Å²) in [6.07, 6.45) is -10.1. The maximum absolute atomic E-state index is 13.0. The number of phenols is 1. The number of alkyl halides is 6. The van der Waals surface area contributed by atoms with Gasteiger partial charge < -0.3 is 10.4 Å². The molecule has 0 radical (unpaired) electrons. The Hall–Kier alpha value is -3.49. The van der Waals surface area contributed by atoms with Crippen molar-refractivity contribution in [1.82, 2.24) is 0 Å². The third-order valence-electron chi connectivity index (χ3n) is 4.21. The third kappa shape index (κ3) is 4.56. The number of anilines is 1. The van der Waals surface area contributed by atoms with Crippen molar-refractivity contribution in [2.45, 2.75) is 12.4 Å². The third-order valence-corrected chi connectivity index (χ3v) is 4.21. The number of hydrogen-bond donors (Lipinski definition) is 2. The van der Waals surface area contributed by atoms with Crippen LogP contribution in [0, 0.1) is 0 Å². The van der Waals surface area contributed by atoms with E-state index in [4.69, 9.17) is 0 Å².